The second-order valence-corrected chi connectivity index (χ2v) is 8.08. The maximum atomic E-state index is 13.4. The summed E-state index contributed by atoms with van der Waals surface area (Å²) in [5, 5.41) is 3.08. The Hall–Kier alpha value is -4.39. The Morgan fingerprint density at radius 3 is 2.24 bits per heavy atom. The van der Waals surface area contributed by atoms with Crippen molar-refractivity contribution < 1.29 is 19.1 Å². The van der Waals surface area contributed by atoms with Crippen LogP contribution < -0.4 is 14.8 Å². The third kappa shape index (κ3) is 3.61. The smallest absolute Gasteiger partial charge is 0.252 e. The zero-order valence-electron chi connectivity index (χ0n) is 19.0. The molecule has 0 saturated carbocycles. The van der Waals surface area contributed by atoms with Crippen molar-refractivity contribution in [2.75, 3.05) is 14.2 Å². The number of aryl methyl sites for hydroxylation is 1. The number of ether oxygens (including phenoxy) is 2. The maximum Gasteiger partial charge on any atom is 0.252 e. The van der Waals surface area contributed by atoms with Gasteiger partial charge < -0.3 is 19.4 Å². The number of rotatable bonds is 6. The number of imidazole rings is 1. The Balaban J connectivity index is 1.52. The van der Waals surface area contributed by atoms with Gasteiger partial charge in [0.2, 0.25) is 0 Å². The number of benzene rings is 3. The van der Waals surface area contributed by atoms with Gasteiger partial charge in [-0.1, -0.05) is 30.3 Å². The minimum atomic E-state index is -0.572. The normalized spacial score (nSPS) is 12.6. The molecule has 1 aliphatic rings. The number of methoxy groups -OCH3 is 2. The number of aromatic nitrogens is 2. The van der Waals surface area contributed by atoms with Gasteiger partial charge in [0.05, 0.1) is 14.2 Å². The summed E-state index contributed by atoms with van der Waals surface area (Å²) in [6.07, 6.45) is 3.49. The van der Waals surface area contributed by atoms with E-state index in [2.05, 4.69) is 10.3 Å². The first kappa shape index (κ1) is 21.5. The highest BCUT2D eigenvalue weighted by Gasteiger charge is 2.28. The van der Waals surface area contributed by atoms with Crippen LogP contribution in [0.5, 0.6) is 11.5 Å². The van der Waals surface area contributed by atoms with E-state index in [0.717, 1.165) is 16.7 Å². The number of nitrogens with zero attached hydrogens (tertiary/aromatic N) is 2. The van der Waals surface area contributed by atoms with Crippen LogP contribution in [0.3, 0.4) is 0 Å². The summed E-state index contributed by atoms with van der Waals surface area (Å²) in [5.74, 6) is 1.46. The standard InChI is InChI=1S/C27H23N3O4/c1-30-11-10-28-26(30)24(17-12-18(33-2)15-19(13-17)34-3)29-27(32)16-8-9-21-20-6-4-5-7-22(20)25(31)23(21)14-16/h4-15,24H,1-3H3,(H,29,32). The van der Waals surface area contributed by atoms with Gasteiger partial charge in [-0.3, -0.25) is 9.59 Å². The SMILES string of the molecule is COc1cc(OC)cc(C(NC(=O)c2ccc3c(c2)C(=O)c2ccccc2-3)c2nccn2C)c1. The lowest BCUT2D eigenvalue weighted by Crippen LogP contribution is -2.31. The first-order chi connectivity index (χ1) is 16.5. The van der Waals surface area contributed by atoms with E-state index in [0.29, 0.717) is 34.0 Å². The summed E-state index contributed by atoms with van der Waals surface area (Å²) in [7, 11) is 5.02. The summed E-state index contributed by atoms with van der Waals surface area (Å²) in [6, 6.07) is 17.6. The molecule has 0 bridgehead atoms. The van der Waals surface area contributed by atoms with Gasteiger partial charge in [0, 0.05) is 42.2 Å². The third-order valence-corrected chi connectivity index (χ3v) is 6.09. The molecule has 7 heteroatoms. The average molecular weight is 453 g/mol. The van der Waals surface area contributed by atoms with Gasteiger partial charge in [0.25, 0.3) is 5.91 Å². The van der Waals surface area contributed by atoms with Gasteiger partial charge in [-0.25, -0.2) is 4.98 Å². The molecule has 4 aromatic rings. The second-order valence-electron chi connectivity index (χ2n) is 8.08. The third-order valence-electron chi connectivity index (χ3n) is 6.09. The molecule has 0 saturated heterocycles. The Bertz CT molecular complexity index is 1400. The molecule has 0 fully saturated rings. The molecule has 0 spiro atoms. The molecule has 1 unspecified atom stereocenters. The van der Waals surface area contributed by atoms with Crippen molar-refractivity contribution in [1.29, 1.82) is 0 Å². The number of hydrogen-bond acceptors (Lipinski definition) is 5. The summed E-state index contributed by atoms with van der Waals surface area (Å²) >= 11 is 0. The summed E-state index contributed by atoms with van der Waals surface area (Å²) in [5.41, 5.74) is 4.08. The van der Waals surface area contributed by atoms with E-state index in [1.165, 1.54) is 0 Å². The minimum absolute atomic E-state index is 0.0709. The molecular formula is C27H23N3O4. The van der Waals surface area contributed by atoms with Crippen molar-refractivity contribution in [1.82, 2.24) is 14.9 Å². The number of carbonyl (C=O) groups is 2. The zero-order valence-corrected chi connectivity index (χ0v) is 19.0. The van der Waals surface area contributed by atoms with Crippen LogP contribution >= 0.6 is 0 Å². The first-order valence-corrected chi connectivity index (χ1v) is 10.8. The quantitative estimate of drug-likeness (QED) is 0.417. The van der Waals surface area contributed by atoms with E-state index in [1.54, 1.807) is 38.6 Å². The van der Waals surface area contributed by atoms with Gasteiger partial charge in [-0.15, -0.1) is 0 Å². The Labute approximate surface area is 197 Å². The molecule has 0 aliphatic heterocycles. The number of carbonyl (C=O) groups excluding carboxylic acids is 2. The molecular weight excluding hydrogens is 430 g/mol. The highest BCUT2D eigenvalue weighted by Crippen LogP contribution is 2.37. The maximum absolute atomic E-state index is 13.4. The number of fused-ring (bicyclic) bond motifs is 3. The fourth-order valence-corrected chi connectivity index (χ4v) is 4.33. The second kappa shape index (κ2) is 8.51. The molecule has 0 radical (unpaired) electrons. The molecule has 1 aliphatic carbocycles. The molecule has 1 atom stereocenters. The summed E-state index contributed by atoms with van der Waals surface area (Å²) in [4.78, 5) is 30.8. The van der Waals surface area contributed by atoms with Crippen LogP contribution in [0.1, 0.15) is 43.7 Å². The predicted molar refractivity (Wildman–Crippen MR) is 127 cm³/mol. The van der Waals surface area contributed by atoms with Crippen molar-refractivity contribution in [2.45, 2.75) is 6.04 Å². The highest BCUT2D eigenvalue weighted by molar-refractivity contribution is 6.22. The Morgan fingerprint density at radius 1 is 0.912 bits per heavy atom. The van der Waals surface area contributed by atoms with Gasteiger partial charge in [-0.2, -0.15) is 0 Å². The molecule has 1 N–H and O–H groups in total. The van der Waals surface area contributed by atoms with E-state index in [-0.39, 0.29) is 11.7 Å². The van der Waals surface area contributed by atoms with Crippen molar-refractivity contribution >= 4 is 11.7 Å². The lowest BCUT2D eigenvalue weighted by molar-refractivity contribution is 0.0941. The van der Waals surface area contributed by atoms with Crippen LogP contribution in [0, 0.1) is 0 Å². The predicted octanol–water partition coefficient (Wildman–Crippen LogP) is 4.17. The van der Waals surface area contributed by atoms with Crippen molar-refractivity contribution in [2.24, 2.45) is 7.05 Å². The average Bonchev–Trinajstić information content (AvgIpc) is 3.42. The molecule has 34 heavy (non-hydrogen) atoms. The number of amides is 1. The van der Waals surface area contributed by atoms with E-state index in [1.807, 2.05) is 60.3 Å². The first-order valence-electron chi connectivity index (χ1n) is 10.8. The number of nitrogens with one attached hydrogen (secondary N) is 1. The lowest BCUT2D eigenvalue weighted by atomic mass is 10.0. The fraction of sp³-hybridized carbons (Fsp3) is 0.148. The monoisotopic (exact) mass is 453 g/mol. The van der Waals surface area contributed by atoms with E-state index in [4.69, 9.17) is 9.47 Å². The van der Waals surface area contributed by atoms with E-state index in [9.17, 15) is 9.59 Å². The Morgan fingerprint density at radius 2 is 1.59 bits per heavy atom. The highest BCUT2D eigenvalue weighted by atomic mass is 16.5. The van der Waals surface area contributed by atoms with Crippen LogP contribution in [0.25, 0.3) is 11.1 Å². The summed E-state index contributed by atoms with van der Waals surface area (Å²) in [6.45, 7) is 0. The van der Waals surface area contributed by atoms with Gasteiger partial charge >= 0.3 is 0 Å². The van der Waals surface area contributed by atoms with Crippen LogP contribution in [0.4, 0.5) is 0 Å². The topological polar surface area (TPSA) is 82.4 Å². The van der Waals surface area contributed by atoms with Crippen LogP contribution in [0.15, 0.2) is 73.1 Å². The zero-order chi connectivity index (χ0) is 23.8. The number of ketones is 1. The number of hydrogen-bond donors (Lipinski definition) is 1. The van der Waals surface area contributed by atoms with Crippen LogP contribution in [-0.2, 0) is 7.05 Å². The molecule has 5 rings (SSSR count). The van der Waals surface area contributed by atoms with Crippen molar-refractivity contribution in [3.8, 4) is 22.6 Å². The van der Waals surface area contributed by atoms with E-state index < -0.39 is 6.04 Å². The molecule has 1 amide bonds. The van der Waals surface area contributed by atoms with Gasteiger partial charge in [0.1, 0.15) is 23.4 Å². The van der Waals surface area contributed by atoms with Crippen LogP contribution in [0.2, 0.25) is 0 Å². The molecule has 1 heterocycles. The largest absolute Gasteiger partial charge is 0.497 e. The van der Waals surface area contributed by atoms with Gasteiger partial charge in [0.15, 0.2) is 5.78 Å². The molecule has 7 nitrogen and oxygen atoms in total. The van der Waals surface area contributed by atoms with Crippen molar-refractivity contribution in [3.63, 3.8) is 0 Å². The van der Waals surface area contributed by atoms with E-state index >= 15 is 0 Å². The summed E-state index contributed by atoms with van der Waals surface area (Å²) < 4.78 is 12.7. The van der Waals surface area contributed by atoms with Crippen molar-refractivity contribution in [3.05, 3.63) is 101 Å². The lowest BCUT2D eigenvalue weighted by Gasteiger charge is -2.21. The fourth-order valence-electron chi connectivity index (χ4n) is 4.33. The molecule has 1 aromatic heterocycles. The van der Waals surface area contributed by atoms with Gasteiger partial charge in [-0.05, 0) is 41.0 Å². The molecule has 3 aromatic carbocycles. The van der Waals surface area contributed by atoms with Crippen LogP contribution in [-0.4, -0.2) is 35.5 Å². The minimum Gasteiger partial charge on any atom is -0.497 e. The Kier molecular flexibility index (Phi) is 5.37. The molecule has 170 valence electrons.